The van der Waals surface area contributed by atoms with Crippen molar-refractivity contribution in [3.05, 3.63) is 46.6 Å². The molecule has 0 spiro atoms. The molecular weight excluding hydrogens is 339 g/mol. The molecule has 2 rings (SSSR count). The molecule has 0 saturated carbocycles. The fraction of sp³-hybridized carbons (Fsp3) is 0.529. The highest BCUT2D eigenvalue weighted by atomic mass is 35.5. The molecule has 4 atom stereocenters. The van der Waals surface area contributed by atoms with Crippen LogP contribution < -0.4 is 0 Å². The van der Waals surface area contributed by atoms with Crippen molar-refractivity contribution in [2.75, 3.05) is 0 Å². The summed E-state index contributed by atoms with van der Waals surface area (Å²) in [6.45, 7) is 7.77. The highest BCUT2D eigenvalue weighted by Crippen LogP contribution is 2.38. The first-order valence-electron chi connectivity index (χ1n) is 7.85. The number of benzene rings is 1. The summed E-state index contributed by atoms with van der Waals surface area (Å²) in [7, 11) is 0. The molecule has 0 bridgehead atoms. The fourth-order valence-corrected chi connectivity index (χ4v) is 2.77. The predicted molar refractivity (Wildman–Crippen MR) is 88.5 cm³/mol. The van der Waals surface area contributed by atoms with Gasteiger partial charge in [0.2, 0.25) is 0 Å². The van der Waals surface area contributed by atoms with E-state index in [9.17, 15) is 13.2 Å². The Morgan fingerprint density at radius 3 is 2.50 bits per heavy atom. The van der Waals surface area contributed by atoms with Gasteiger partial charge in [-0.15, -0.1) is 0 Å². The Balaban J connectivity index is 2.40. The lowest BCUT2D eigenvalue weighted by Crippen LogP contribution is -2.24. The van der Waals surface area contributed by atoms with Crippen molar-refractivity contribution in [3.8, 4) is 0 Å². The molecule has 0 aromatic heterocycles. The topological polar surface area (TPSA) is 28.0 Å². The molecule has 1 aromatic rings. The van der Waals surface area contributed by atoms with E-state index in [1.165, 1.54) is 17.1 Å². The van der Waals surface area contributed by atoms with Gasteiger partial charge in [-0.25, -0.2) is 5.01 Å². The first kappa shape index (κ1) is 18.8. The number of hydrogen-bond acceptors (Lipinski definition) is 3. The lowest BCUT2D eigenvalue weighted by molar-refractivity contribution is -0.138. The zero-order valence-corrected chi connectivity index (χ0v) is 14.8. The summed E-state index contributed by atoms with van der Waals surface area (Å²) in [5, 5.41) is 9.91. The Kier molecular flexibility index (Phi) is 5.58. The van der Waals surface area contributed by atoms with Crippen LogP contribution in [0.4, 0.5) is 13.2 Å². The van der Waals surface area contributed by atoms with E-state index in [4.69, 9.17) is 11.6 Å². The number of halogens is 4. The van der Waals surface area contributed by atoms with Crippen LogP contribution in [0.2, 0.25) is 5.02 Å². The normalized spacial score (nSPS) is 28.8. The molecule has 1 aliphatic heterocycles. The second kappa shape index (κ2) is 7.13. The summed E-state index contributed by atoms with van der Waals surface area (Å²) in [6.07, 6.45) is -0.817. The summed E-state index contributed by atoms with van der Waals surface area (Å²) < 4.78 is 40.0. The van der Waals surface area contributed by atoms with Gasteiger partial charge >= 0.3 is 6.18 Å². The molecule has 0 aliphatic carbocycles. The molecule has 3 nitrogen and oxygen atoms in total. The van der Waals surface area contributed by atoms with Crippen LogP contribution in [0.15, 0.2) is 40.8 Å². The quantitative estimate of drug-likeness (QED) is 0.611. The second-order valence-corrected chi connectivity index (χ2v) is 6.73. The summed E-state index contributed by atoms with van der Waals surface area (Å²) in [6, 6.07) is 3.18. The molecule has 0 amide bonds. The van der Waals surface area contributed by atoms with Gasteiger partial charge in [0, 0.05) is 11.2 Å². The number of nitrogens with zero attached hydrogens (tertiary/aromatic N) is 3. The molecule has 1 aromatic carbocycles. The van der Waals surface area contributed by atoms with Crippen molar-refractivity contribution >= 4 is 11.6 Å². The minimum atomic E-state index is -4.48. The fourth-order valence-electron chi connectivity index (χ4n) is 2.60. The van der Waals surface area contributed by atoms with E-state index in [1.807, 2.05) is 13.0 Å². The maximum atomic E-state index is 13.3. The molecular formula is C17H21ClF3N3. The van der Waals surface area contributed by atoms with Crippen molar-refractivity contribution in [2.45, 2.75) is 46.0 Å². The average Bonchev–Trinajstić information content (AvgIpc) is 2.51. The van der Waals surface area contributed by atoms with Crippen molar-refractivity contribution in [1.29, 1.82) is 0 Å². The molecule has 2 unspecified atom stereocenters. The van der Waals surface area contributed by atoms with E-state index in [2.05, 4.69) is 24.2 Å². The first-order chi connectivity index (χ1) is 11.1. The Hall–Kier alpha value is -1.56. The molecule has 0 saturated heterocycles. The van der Waals surface area contributed by atoms with Gasteiger partial charge in [0.25, 0.3) is 0 Å². The van der Waals surface area contributed by atoms with Crippen LogP contribution in [0.5, 0.6) is 0 Å². The van der Waals surface area contributed by atoms with Gasteiger partial charge in [0.1, 0.15) is 0 Å². The van der Waals surface area contributed by atoms with Crippen LogP contribution in [0.3, 0.4) is 0 Å². The Morgan fingerprint density at radius 2 is 1.88 bits per heavy atom. The minimum Gasteiger partial charge on any atom is -0.248 e. The third kappa shape index (κ3) is 4.09. The molecule has 1 aliphatic rings. The largest absolute Gasteiger partial charge is 0.416 e. The van der Waals surface area contributed by atoms with Crippen molar-refractivity contribution in [2.24, 2.45) is 22.2 Å². The summed E-state index contributed by atoms with van der Waals surface area (Å²) in [4.78, 5) is 0. The number of hydrogen-bond donors (Lipinski definition) is 0. The van der Waals surface area contributed by atoms with E-state index in [0.717, 1.165) is 6.07 Å². The van der Waals surface area contributed by atoms with Gasteiger partial charge in [-0.3, -0.25) is 0 Å². The van der Waals surface area contributed by atoms with Crippen molar-refractivity contribution < 1.29 is 13.2 Å². The Labute approximate surface area is 145 Å². The third-order valence-corrected chi connectivity index (χ3v) is 4.87. The molecule has 1 heterocycles. The first-order valence-corrected chi connectivity index (χ1v) is 8.23. The van der Waals surface area contributed by atoms with Gasteiger partial charge in [0.15, 0.2) is 0 Å². The Bertz CT molecular complexity index is 622. The maximum absolute atomic E-state index is 13.3. The zero-order valence-electron chi connectivity index (χ0n) is 14.0. The summed E-state index contributed by atoms with van der Waals surface area (Å²) in [5.74, 6) is 0.560. The number of rotatable bonds is 2. The third-order valence-electron chi connectivity index (χ3n) is 4.64. The lowest BCUT2D eigenvalue weighted by atomic mass is 9.90. The monoisotopic (exact) mass is 359 g/mol. The van der Waals surface area contributed by atoms with E-state index in [1.54, 1.807) is 13.1 Å². The van der Waals surface area contributed by atoms with Gasteiger partial charge in [-0.2, -0.15) is 18.3 Å². The molecule has 7 heteroatoms. The molecule has 0 fully saturated rings. The minimum absolute atomic E-state index is 0.00745. The number of allylic oxidation sites excluding steroid dienone is 1. The molecule has 0 N–H and O–H groups in total. The highest BCUT2D eigenvalue weighted by Gasteiger charge is 2.36. The maximum Gasteiger partial charge on any atom is 0.416 e. The van der Waals surface area contributed by atoms with Crippen LogP contribution >= 0.6 is 11.6 Å². The second-order valence-electron chi connectivity index (χ2n) is 6.29. The van der Waals surface area contributed by atoms with Crippen LogP contribution in [0.1, 0.15) is 44.9 Å². The van der Waals surface area contributed by atoms with Crippen molar-refractivity contribution in [1.82, 2.24) is 5.01 Å². The van der Waals surface area contributed by atoms with Gasteiger partial charge < -0.3 is 0 Å². The van der Waals surface area contributed by atoms with Gasteiger partial charge in [0.05, 0.1) is 17.6 Å². The molecule has 0 radical (unpaired) electrons. The smallest absolute Gasteiger partial charge is 0.248 e. The lowest BCUT2D eigenvalue weighted by Gasteiger charge is -2.29. The van der Waals surface area contributed by atoms with Crippen LogP contribution in [-0.4, -0.2) is 11.1 Å². The van der Waals surface area contributed by atoms with E-state index < -0.39 is 17.8 Å². The van der Waals surface area contributed by atoms with Crippen LogP contribution in [0, 0.1) is 11.8 Å². The standard InChI is InChI=1S/C17H21ClF3N3/c1-10-7-8-24(23-22-12(3)11(10)2)13(4)15-6-5-14(18)9-16(15)17(19,20)21/h5-13H,1-4H3/b8-7+,23-22-/t10?,11-,12-,13?/m0/s1. The van der Waals surface area contributed by atoms with Crippen LogP contribution in [0.25, 0.3) is 0 Å². The highest BCUT2D eigenvalue weighted by molar-refractivity contribution is 6.30. The Morgan fingerprint density at radius 1 is 1.21 bits per heavy atom. The van der Waals surface area contributed by atoms with E-state index in [0.29, 0.717) is 5.92 Å². The molecule has 132 valence electrons. The predicted octanol–water partition coefficient (Wildman–Crippen LogP) is 6.28. The van der Waals surface area contributed by atoms with Crippen molar-refractivity contribution in [3.63, 3.8) is 0 Å². The van der Waals surface area contributed by atoms with Crippen LogP contribution in [-0.2, 0) is 6.18 Å². The van der Waals surface area contributed by atoms with Gasteiger partial charge in [-0.05, 0) is 43.4 Å². The summed E-state index contributed by atoms with van der Waals surface area (Å²) >= 11 is 5.75. The SMILES string of the molecule is CC1/C=C/N(C(C)c2ccc(Cl)cc2C(F)(F)F)/N=N\[C@@H](C)[C@H]1C. The number of alkyl halides is 3. The average molecular weight is 360 g/mol. The van der Waals surface area contributed by atoms with Gasteiger partial charge in [-0.1, -0.05) is 42.8 Å². The summed E-state index contributed by atoms with van der Waals surface area (Å²) in [5.41, 5.74) is -0.632. The zero-order chi connectivity index (χ0) is 18.1. The van der Waals surface area contributed by atoms with E-state index >= 15 is 0 Å². The van der Waals surface area contributed by atoms with E-state index in [-0.39, 0.29) is 22.5 Å². The molecule has 24 heavy (non-hydrogen) atoms.